The summed E-state index contributed by atoms with van der Waals surface area (Å²) in [5.74, 6) is 0.587. The predicted molar refractivity (Wildman–Crippen MR) is 105 cm³/mol. The Morgan fingerprint density at radius 2 is 1.93 bits per heavy atom. The second-order valence-electron chi connectivity index (χ2n) is 6.87. The van der Waals surface area contributed by atoms with E-state index in [0.717, 1.165) is 25.8 Å². The summed E-state index contributed by atoms with van der Waals surface area (Å²) in [7, 11) is 0. The molecule has 1 saturated heterocycles. The van der Waals surface area contributed by atoms with Crippen LogP contribution in [-0.2, 0) is 11.2 Å². The van der Waals surface area contributed by atoms with Crippen molar-refractivity contribution in [1.29, 1.82) is 0 Å². The molecule has 142 valence electrons. The van der Waals surface area contributed by atoms with Gasteiger partial charge in [0.05, 0.1) is 5.56 Å². The lowest BCUT2D eigenvalue weighted by molar-refractivity contribution is -0.124. The van der Waals surface area contributed by atoms with E-state index in [9.17, 15) is 9.59 Å². The zero-order valence-corrected chi connectivity index (χ0v) is 15.7. The lowest BCUT2D eigenvalue weighted by atomic mass is 9.90. The second kappa shape index (κ2) is 9.26. The molecule has 2 aromatic rings. The Labute approximate surface area is 160 Å². The number of anilines is 1. The number of nitrogens with zero attached hydrogens (tertiary/aromatic N) is 3. The fourth-order valence-corrected chi connectivity index (χ4v) is 3.41. The molecule has 0 aliphatic carbocycles. The van der Waals surface area contributed by atoms with E-state index < -0.39 is 0 Å². The minimum absolute atomic E-state index is 0.0756. The maximum atomic E-state index is 12.7. The molecule has 3 rings (SSSR count). The first-order chi connectivity index (χ1) is 13.2. The van der Waals surface area contributed by atoms with Crippen molar-refractivity contribution in [2.24, 2.45) is 5.92 Å². The summed E-state index contributed by atoms with van der Waals surface area (Å²) in [6.45, 7) is 3.86. The van der Waals surface area contributed by atoms with E-state index in [2.05, 4.69) is 15.3 Å². The van der Waals surface area contributed by atoms with Crippen LogP contribution in [0.5, 0.6) is 0 Å². The van der Waals surface area contributed by atoms with Crippen LogP contribution >= 0.6 is 0 Å². The highest BCUT2D eigenvalue weighted by Crippen LogP contribution is 2.21. The molecule has 1 aliphatic heterocycles. The van der Waals surface area contributed by atoms with Crippen LogP contribution in [0, 0.1) is 5.92 Å². The average Bonchev–Trinajstić information content (AvgIpc) is 2.73. The molecule has 1 aromatic carbocycles. The molecule has 0 spiro atoms. The smallest absolute Gasteiger partial charge is 0.257 e. The summed E-state index contributed by atoms with van der Waals surface area (Å²) in [5.41, 5.74) is 1.64. The number of carbonyl (C=O) groups is 2. The highest BCUT2D eigenvalue weighted by Gasteiger charge is 2.28. The van der Waals surface area contributed by atoms with Gasteiger partial charge in [0.1, 0.15) is 5.78 Å². The number of ketones is 1. The van der Waals surface area contributed by atoms with Crippen molar-refractivity contribution in [2.45, 2.75) is 32.6 Å². The molecule has 0 saturated carbocycles. The number of rotatable bonds is 7. The number of Topliss-reactive ketones (excluding diaryl/α,β-unsaturated/α-hetero) is 1. The number of likely N-dealkylation sites (tertiary alicyclic amines) is 1. The molecule has 0 unspecified atom stereocenters. The van der Waals surface area contributed by atoms with Gasteiger partial charge in [-0.1, -0.05) is 30.3 Å². The SMILES string of the molecule is CCNc1ncc(C(=O)N2CCC[C@H](C(=O)CCc3ccccc3)C2)cn1. The van der Waals surface area contributed by atoms with Crippen LogP contribution in [0.1, 0.15) is 42.1 Å². The fourth-order valence-electron chi connectivity index (χ4n) is 3.41. The van der Waals surface area contributed by atoms with E-state index >= 15 is 0 Å². The number of hydrogen-bond acceptors (Lipinski definition) is 5. The molecular weight excluding hydrogens is 340 g/mol. The number of piperidine rings is 1. The van der Waals surface area contributed by atoms with Gasteiger partial charge in [-0.2, -0.15) is 0 Å². The summed E-state index contributed by atoms with van der Waals surface area (Å²) in [5, 5.41) is 3.01. The van der Waals surface area contributed by atoms with Gasteiger partial charge < -0.3 is 10.2 Å². The maximum absolute atomic E-state index is 12.7. The third-order valence-electron chi connectivity index (χ3n) is 4.90. The summed E-state index contributed by atoms with van der Waals surface area (Å²) >= 11 is 0. The Kier molecular flexibility index (Phi) is 6.52. The Bertz CT molecular complexity index is 762. The summed E-state index contributed by atoms with van der Waals surface area (Å²) in [4.78, 5) is 35.4. The first kappa shape index (κ1) is 19.0. The van der Waals surface area contributed by atoms with Crippen LogP contribution in [0.2, 0.25) is 0 Å². The molecule has 1 amide bonds. The highest BCUT2D eigenvalue weighted by atomic mass is 16.2. The summed E-state index contributed by atoms with van der Waals surface area (Å²) < 4.78 is 0. The van der Waals surface area contributed by atoms with Crippen molar-refractivity contribution in [1.82, 2.24) is 14.9 Å². The molecule has 1 aromatic heterocycles. The number of nitrogens with one attached hydrogen (secondary N) is 1. The molecule has 1 fully saturated rings. The van der Waals surface area contributed by atoms with Gasteiger partial charge in [0.25, 0.3) is 5.91 Å². The molecule has 6 nitrogen and oxygen atoms in total. The standard InChI is InChI=1S/C21H26N4O2/c1-2-22-21-23-13-18(14-24-21)20(27)25-12-6-9-17(15-25)19(26)11-10-16-7-4-3-5-8-16/h3-5,7-8,13-14,17H,2,6,9-12,15H2,1H3,(H,22,23,24)/t17-/m0/s1. The van der Waals surface area contributed by atoms with Gasteiger partial charge in [-0.15, -0.1) is 0 Å². The van der Waals surface area contributed by atoms with E-state index in [1.807, 2.05) is 37.3 Å². The lowest BCUT2D eigenvalue weighted by Crippen LogP contribution is -2.42. The number of carbonyl (C=O) groups excluding carboxylic acids is 2. The van der Waals surface area contributed by atoms with Crippen LogP contribution in [0.15, 0.2) is 42.7 Å². The zero-order chi connectivity index (χ0) is 19.1. The molecule has 0 bridgehead atoms. The molecule has 6 heteroatoms. The molecule has 27 heavy (non-hydrogen) atoms. The summed E-state index contributed by atoms with van der Waals surface area (Å²) in [6, 6.07) is 10.0. The minimum Gasteiger partial charge on any atom is -0.355 e. The van der Waals surface area contributed by atoms with Crippen LogP contribution in [0.25, 0.3) is 0 Å². The van der Waals surface area contributed by atoms with Crippen molar-refractivity contribution in [3.05, 3.63) is 53.9 Å². The summed E-state index contributed by atoms with van der Waals surface area (Å²) in [6.07, 6.45) is 6.08. The van der Waals surface area contributed by atoms with Gasteiger partial charge in [-0.25, -0.2) is 9.97 Å². The van der Waals surface area contributed by atoms with Gasteiger partial charge >= 0.3 is 0 Å². The van der Waals surface area contributed by atoms with Crippen molar-refractivity contribution in [3.8, 4) is 0 Å². The highest BCUT2D eigenvalue weighted by molar-refractivity contribution is 5.94. The molecule has 1 atom stereocenters. The minimum atomic E-state index is -0.0985. The quantitative estimate of drug-likeness (QED) is 0.815. The molecular formula is C21H26N4O2. The van der Waals surface area contributed by atoms with E-state index in [-0.39, 0.29) is 17.6 Å². The maximum Gasteiger partial charge on any atom is 0.257 e. The molecule has 0 radical (unpaired) electrons. The number of hydrogen-bond donors (Lipinski definition) is 1. The third kappa shape index (κ3) is 5.12. The topological polar surface area (TPSA) is 75.2 Å². The van der Waals surface area contributed by atoms with Gasteiger partial charge in [0, 0.05) is 44.4 Å². The Morgan fingerprint density at radius 3 is 2.63 bits per heavy atom. The van der Waals surface area contributed by atoms with Gasteiger partial charge in [0.15, 0.2) is 0 Å². The Balaban J connectivity index is 1.56. The Morgan fingerprint density at radius 1 is 1.19 bits per heavy atom. The van der Waals surface area contributed by atoms with E-state index in [4.69, 9.17) is 0 Å². The molecule has 2 heterocycles. The first-order valence-electron chi connectivity index (χ1n) is 9.59. The second-order valence-corrected chi connectivity index (χ2v) is 6.87. The molecule has 1 N–H and O–H groups in total. The van der Waals surface area contributed by atoms with Crippen LogP contribution in [0.4, 0.5) is 5.95 Å². The van der Waals surface area contributed by atoms with E-state index in [1.165, 1.54) is 5.56 Å². The van der Waals surface area contributed by atoms with Gasteiger partial charge in [-0.3, -0.25) is 9.59 Å². The number of aromatic nitrogens is 2. The zero-order valence-electron chi connectivity index (χ0n) is 15.7. The number of aryl methyl sites for hydroxylation is 1. The van der Waals surface area contributed by atoms with Crippen molar-refractivity contribution in [3.63, 3.8) is 0 Å². The average molecular weight is 366 g/mol. The number of benzene rings is 1. The van der Waals surface area contributed by atoms with Crippen LogP contribution < -0.4 is 5.32 Å². The van der Waals surface area contributed by atoms with Crippen molar-refractivity contribution < 1.29 is 9.59 Å². The van der Waals surface area contributed by atoms with Crippen molar-refractivity contribution >= 4 is 17.6 Å². The molecule has 1 aliphatic rings. The normalized spacial score (nSPS) is 16.8. The van der Waals surface area contributed by atoms with E-state index in [1.54, 1.807) is 17.3 Å². The van der Waals surface area contributed by atoms with Crippen molar-refractivity contribution in [2.75, 3.05) is 25.0 Å². The third-order valence-corrected chi connectivity index (χ3v) is 4.90. The predicted octanol–water partition coefficient (Wildman–Crippen LogP) is 2.96. The fraction of sp³-hybridized carbons (Fsp3) is 0.429. The lowest BCUT2D eigenvalue weighted by Gasteiger charge is -2.32. The van der Waals surface area contributed by atoms with E-state index in [0.29, 0.717) is 31.0 Å². The van der Waals surface area contributed by atoms with Gasteiger partial charge in [-0.05, 0) is 31.7 Å². The largest absolute Gasteiger partial charge is 0.355 e. The Hall–Kier alpha value is -2.76. The monoisotopic (exact) mass is 366 g/mol. The van der Waals surface area contributed by atoms with Crippen LogP contribution in [0.3, 0.4) is 0 Å². The van der Waals surface area contributed by atoms with Gasteiger partial charge in [0.2, 0.25) is 5.95 Å². The first-order valence-corrected chi connectivity index (χ1v) is 9.59. The van der Waals surface area contributed by atoms with Crippen LogP contribution in [-0.4, -0.2) is 46.2 Å². The number of amides is 1.